The first kappa shape index (κ1) is 14.4. The molecule has 5 heteroatoms. The van der Waals surface area contributed by atoms with Crippen molar-refractivity contribution in [3.63, 3.8) is 0 Å². The molecule has 0 fully saturated rings. The normalized spacial score (nSPS) is 16.8. The third kappa shape index (κ3) is 3.03. The second-order valence-electron chi connectivity index (χ2n) is 5.28. The molecule has 4 nitrogen and oxygen atoms in total. The van der Waals surface area contributed by atoms with Crippen molar-refractivity contribution in [2.75, 3.05) is 11.5 Å². The van der Waals surface area contributed by atoms with Gasteiger partial charge in [0.2, 0.25) is 0 Å². The lowest BCUT2D eigenvalue weighted by atomic mass is 10.1. The molecule has 1 aliphatic rings. The molecule has 1 aliphatic heterocycles. The second kappa shape index (κ2) is 6.05. The Labute approximate surface area is 127 Å². The van der Waals surface area contributed by atoms with Crippen LogP contribution in [0, 0.1) is 5.82 Å². The number of hydrogen-bond donors (Lipinski definition) is 1. The van der Waals surface area contributed by atoms with Crippen molar-refractivity contribution in [2.24, 2.45) is 0 Å². The summed E-state index contributed by atoms with van der Waals surface area (Å²) in [7, 11) is 0. The third-order valence-corrected chi connectivity index (χ3v) is 3.72. The highest BCUT2D eigenvalue weighted by atomic mass is 19.1. The highest BCUT2D eigenvalue weighted by Gasteiger charge is 2.29. The van der Waals surface area contributed by atoms with Crippen LogP contribution in [0.3, 0.4) is 0 Å². The lowest BCUT2D eigenvalue weighted by molar-refractivity contribution is -0.137. The predicted molar refractivity (Wildman–Crippen MR) is 80.6 cm³/mol. The number of benzene rings is 2. The van der Waals surface area contributed by atoms with Crippen molar-refractivity contribution < 1.29 is 19.0 Å². The Morgan fingerprint density at radius 3 is 2.68 bits per heavy atom. The van der Waals surface area contributed by atoms with Gasteiger partial charge in [-0.25, -0.2) is 4.39 Å². The van der Waals surface area contributed by atoms with Crippen molar-refractivity contribution in [1.82, 2.24) is 0 Å². The van der Waals surface area contributed by atoms with Crippen molar-refractivity contribution in [1.29, 1.82) is 0 Å². The van der Waals surface area contributed by atoms with Gasteiger partial charge in [0.1, 0.15) is 18.2 Å². The SMILES string of the molecule is O=C(O)CC1COc2ccccc2N1Cc1ccc(F)cc1. The van der Waals surface area contributed by atoms with Gasteiger partial charge >= 0.3 is 5.97 Å². The largest absolute Gasteiger partial charge is 0.489 e. The van der Waals surface area contributed by atoms with E-state index in [1.54, 1.807) is 12.1 Å². The average Bonchev–Trinajstić information content (AvgIpc) is 2.51. The molecule has 2 aromatic carbocycles. The molecule has 0 bridgehead atoms. The Morgan fingerprint density at radius 1 is 1.23 bits per heavy atom. The van der Waals surface area contributed by atoms with Crippen LogP contribution >= 0.6 is 0 Å². The van der Waals surface area contributed by atoms with Crippen molar-refractivity contribution in [3.8, 4) is 5.75 Å². The summed E-state index contributed by atoms with van der Waals surface area (Å²) >= 11 is 0. The number of carboxylic acid groups (broad SMARTS) is 1. The zero-order valence-corrected chi connectivity index (χ0v) is 11.9. The molecule has 2 aromatic rings. The van der Waals surface area contributed by atoms with E-state index in [0.29, 0.717) is 13.2 Å². The fourth-order valence-electron chi connectivity index (χ4n) is 2.66. The molecule has 1 heterocycles. The molecule has 0 saturated heterocycles. The van der Waals surface area contributed by atoms with E-state index in [-0.39, 0.29) is 18.3 Å². The highest BCUT2D eigenvalue weighted by Crippen LogP contribution is 2.35. The summed E-state index contributed by atoms with van der Waals surface area (Å²) in [6.07, 6.45) is -0.00444. The molecular formula is C17H16FNO3. The van der Waals surface area contributed by atoms with Crippen LogP contribution in [0.15, 0.2) is 48.5 Å². The van der Waals surface area contributed by atoms with Gasteiger partial charge in [-0.2, -0.15) is 0 Å². The second-order valence-corrected chi connectivity index (χ2v) is 5.28. The Morgan fingerprint density at radius 2 is 1.95 bits per heavy atom. The molecule has 3 rings (SSSR count). The van der Waals surface area contributed by atoms with E-state index in [1.807, 2.05) is 29.2 Å². The lowest BCUT2D eigenvalue weighted by Crippen LogP contribution is -2.43. The van der Waals surface area contributed by atoms with Gasteiger partial charge < -0.3 is 14.7 Å². The number of aliphatic carboxylic acids is 1. The Balaban J connectivity index is 1.91. The first-order chi connectivity index (χ1) is 10.6. The summed E-state index contributed by atoms with van der Waals surface area (Å²) in [5.74, 6) is -0.406. The van der Waals surface area contributed by atoms with Gasteiger partial charge in [-0.15, -0.1) is 0 Å². The first-order valence-electron chi connectivity index (χ1n) is 7.08. The van der Waals surface area contributed by atoms with E-state index in [1.165, 1.54) is 12.1 Å². The van der Waals surface area contributed by atoms with E-state index in [2.05, 4.69) is 0 Å². The van der Waals surface area contributed by atoms with Gasteiger partial charge in [-0.05, 0) is 29.8 Å². The number of carbonyl (C=O) groups is 1. The van der Waals surface area contributed by atoms with Crippen LogP contribution in [0.2, 0.25) is 0 Å². The molecule has 0 aromatic heterocycles. The lowest BCUT2D eigenvalue weighted by Gasteiger charge is -2.38. The number of fused-ring (bicyclic) bond motifs is 1. The monoisotopic (exact) mass is 301 g/mol. The number of carboxylic acids is 1. The van der Waals surface area contributed by atoms with Crippen LogP contribution in [0.5, 0.6) is 5.75 Å². The minimum atomic E-state index is -0.864. The molecule has 0 aliphatic carbocycles. The van der Waals surface area contributed by atoms with Gasteiger partial charge in [0.15, 0.2) is 0 Å². The molecule has 1 N–H and O–H groups in total. The van der Waals surface area contributed by atoms with Gasteiger partial charge in [0.05, 0.1) is 18.2 Å². The van der Waals surface area contributed by atoms with Crippen LogP contribution in [-0.2, 0) is 11.3 Å². The maximum absolute atomic E-state index is 13.0. The number of hydrogen-bond acceptors (Lipinski definition) is 3. The molecule has 22 heavy (non-hydrogen) atoms. The quantitative estimate of drug-likeness (QED) is 0.943. The fraction of sp³-hybridized carbons (Fsp3) is 0.235. The number of para-hydroxylation sites is 2. The number of anilines is 1. The van der Waals surface area contributed by atoms with E-state index >= 15 is 0 Å². The van der Waals surface area contributed by atoms with Crippen LogP contribution < -0.4 is 9.64 Å². The molecule has 0 spiro atoms. The highest BCUT2D eigenvalue weighted by molar-refractivity contribution is 5.70. The van der Waals surface area contributed by atoms with E-state index in [0.717, 1.165) is 17.0 Å². The maximum Gasteiger partial charge on any atom is 0.305 e. The summed E-state index contributed by atoms with van der Waals surface area (Å²) in [6.45, 7) is 0.836. The number of halogens is 1. The third-order valence-electron chi connectivity index (χ3n) is 3.72. The zero-order chi connectivity index (χ0) is 15.5. The molecule has 1 unspecified atom stereocenters. The van der Waals surface area contributed by atoms with E-state index in [4.69, 9.17) is 9.84 Å². The zero-order valence-electron chi connectivity index (χ0n) is 11.9. The number of ether oxygens (including phenoxy) is 1. The Kier molecular flexibility index (Phi) is 3.96. The minimum absolute atomic E-state index is 0.00444. The predicted octanol–water partition coefficient (Wildman–Crippen LogP) is 3.07. The van der Waals surface area contributed by atoms with Gasteiger partial charge in [0, 0.05) is 6.54 Å². The molecule has 0 amide bonds. The van der Waals surface area contributed by atoms with Crippen LogP contribution in [0.1, 0.15) is 12.0 Å². The standard InChI is InChI=1S/C17H16FNO3/c18-13-7-5-12(6-8-13)10-19-14(9-17(20)21)11-22-16-4-2-1-3-15(16)19/h1-8,14H,9-11H2,(H,20,21). The average molecular weight is 301 g/mol. The van der Waals surface area contributed by atoms with Crippen molar-refractivity contribution >= 4 is 11.7 Å². The van der Waals surface area contributed by atoms with Gasteiger partial charge in [0.25, 0.3) is 0 Å². The number of rotatable bonds is 4. The topological polar surface area (TPSA) is 49.8 Å². The molecular weight excluding hydrogens is 285 g/mol. The molecule has 114 valence electrons. The van der Waals surface area contributed by atoms with E-state index in [9.17, 15) is 9.18 Å². The Bertz CT molecular complexity index is 672. The fourth-order valence-corrected chi connectivity index (χ4v) is 2.66. The summed E-state index contributed by atoms with van der Waals surface area (Å²) in [6, 6.07) is 13.5. The van der Waals surface area contributed by atoms with Crippen LogP contribution in [-0.4, -0.2) is 23.7 Å². The van der Waals surface area contributed by atoms with Crippen molar-refractivity contribution in [3.05, 3.63) is 59.9 Å². The molecule has 1 atom stereocenters. The van der Waals surface area contributed by atoms with Gasteiger partial charge in [-0.1, -0.05) is 24.3 Å². The molecule has 0 saturated carbocycles. The smallest absolute Gasteiger partial charge is 0.305 e. The number of nitrogens with zero attached hydrogens (tertiary/aromatic N) is 1. The van der Waals surface area contributed by atoms with Crippen molar-refractivity contribution in [2.45, 2.75) is 19.0 Å². The van der Waals surface area contributed by atoms with Crippen LogP contribution in [0.25, 0.3) is 0 Å². The molecule has 0 radical (unpaired) electrons. The summed E-state index contributed by atoms with van der Waals surface area (Å²) in [4.78, 5) is 13.1. The van der Waals surface area contributed by atoms with Crippen LogP contribution in [0.4, 0.5) is 10.1 Å². The minimum Gasteiger partial charge on any atom is -0.489 e. The first-order valence-corrected chi connectivity index (χ1v) is 7.08. The summed E-state index contributed by atoms with van der Waals surface area (Å²) in [5, 5.41) is 9.10. The van der Waals surface area contributed by atoms with Gasteiger partial charge in [-0.3, -0.25) is 4.79 Å². The summed E-state index contributed by atoms with van der Waals surface area (Å²) in [5.41, 5.74) is 1.79. The van der Waals surface area contributed by atoms with E-state index < -0.39 is 5.97 Å². The maximum atomic E-state index is 13.0. The Hall–Kier alpha value is -2.56. The summed E-state index contributed by atoms with van der Waals surface area (Å²) < 4.78 is 18.7.